The zero-order chi connectivity index (χ0) is 11.4. The van der Waals surface area contributed by atoms with Crippen molar-refractivity contribution in [2.24, 2.45) is 0 Å². The number of aryl methyl sites for hydroxylation is 1. The van der Waals surface area contributed by atoms with E-state index in [2.05, 4.69) is 25.9 Å². The molecule has 0 aliphatic heterocycles. The number of carbonyl (C=O) groups is 1. The van der Waals surface area contributed by atoms with Gasteiger partial charge in [-0.15, -0.1) is 0 Å². The highest BCUT2D eigenvalue weighted by Gasteiger charge is 2.02. The molecule has 0 saturated carbocycles. The van der Waals surface area contributed by atoms with Crippen molar-refractivity contribution in [3.05, 3.63) is 29.0 Å². The molecule has 6 heteroatoms. The van der Waals surface area contributed by atoms with Gasteiger partial charge in [-0.2, -0.15) is 0 Å². The van der Waals surface area contributed by atoms with Crippen molar-refractivity contribution < 1.29 is 9.90 Å². The minimum absolute atomic E-state index is 0.833. The first-order chi connectivity index (χ1) is 7.02. The van der Waals surface area contributed by atoms with E-state index in [4.69, 9.17) is 9.90 Å². The number of hydrogen-bond donors (Lipinski definition) is 1. The van der Waals surface area contributed by atoms with Crippen LogP contribution in [-0.4, -0.2) is 25.4 Å². The molecule has 0 amide bonds. The first-order valence-corrected chi connectivity index (χ1v) is 4.95. The molecule has 0 fully saturated rings. The van der Waals surface area contributed by atoms with E-state index in [1.54, 1.807) is 12.5 Å². The normalized spacial score (nSPS) is 9.53. The summed E-state index contributed by atoms with van der Waals surface area (Å²) in [6.45, 7) is 3.04. The molecule has 0 saturated heterocycles. The number of carboxylic acids is 1. The van der Waals surface area contributed by atoms with Gasteiger partial charge >= 0.3 is 0 Å². The van der Waals surface area contributed by atoms with E-state index in [-0.39, 0.29) is 0 Å². The Balaban J connectivity index is 0.000000245. The van der Waals surface area contributed by atoms with E-state index >= 15 is 0 Å². The van der Waals surface area contributed by atoms with E-state index in [0.29, 0.717) is 0 Å². The van der Waals surface area contributed by atoms with Crippen LogP contribution in [-0.2, 0) is 4.79 Å². The standard InChI is InChI=1S/C7H6BrN3.C2H4O2/c1-5-6-7(8)10-4-11(6)3-2-9-5;1-2(3)4/h2-4H,1H3;1H3,(H,3,4). The minimum atomic E-state index is -0.833. The highest BCUT2D eigenvalue weighted by atomic mass is 79.9. The molecule has 5 nitrogen and oxygen atoms in total. The fourth-order valence-corrected chi connectivity index (χ4v) is 1.65. The maximum atomic E-state index is 9.00. The SMILES string of the molecule is CC(=O)O.Cc1nccn2cnc(Br)c12. The van der Waals surface area contributed by atoms with E-state index in [1.165, 1.54) is 0 Å². The van der Waals surface area contributed by atoms with Crippen LogP contribution in [0.1, 0.15) is 12.6 Å². The fraction of sp³-hybridized carbons (Fsp3) is 0.222. The number of hydrogen-bond acceptors (Lipinski definition) is 3. The summed E-state index contributed by atoms with van der Waals surface area (Å²) in [7, 11) is 0. The Hall–Kier alpha value is -1.43. The lowest BCUT2D eigenvalue weighted by atomic mass is 10.4. The number of nitrogens with zero attached hydrogens (tertiary/aromatic N) is 3. The largest absolute Gasteiger partial charge is 0.481 e. The molecule has 0 aliphatic rings. The first-order valence-electron chi connectivity index (χ1n) is 4.15. The lowest BCUT2D eigenvalue weighted by Crippen LogP contribution is -1.87. The third-order valence-corrected chi connectivity index (χ3v) is 2.17. The number of aliphatic carboxylic acids is 1. The molecule has 2 aromatic rings. The molecule has 1 N–H and O–H groups in total. The number of aromatic nitrogens is 3. The minimum Gasteiger partial charge on any atom is -0.481 e. The summed E-state index contributed by atoms with van der Waals surface area (Å²) in [5.74, 6) is -0.833. The van der Waals surface area contributed by atoms with E-state index in [0.717, 1.165) is 22.7 Å². The smallest absolute Gasteiger partial charge is 0.300 e. The lowest BCUT2D eigenvalue weighted by Gasteiger charge is -1.95. The summed E-state index contributed by atoms with van der Waals surface area (Å²) < 4.78 is 2.79. The van der Waals surface area contributed by atoms with Crippen LogP contribution in [0.15, 0.2) is 23.3 Å². The van der Waals surface area contributed by atoms with E-state index < -0.39 is 5.97 Å². The van der Waals surface area contributed by atoms with Crippen LogP contribution in [0.3, 0.4) is 0 Å². The van der Waals surface area contributed by atoms with Gasteiger partial charge in [0.1, 0.15) is 16.4 Å². The van der Waals surface area contributed by atoms with Gasteiger partial charge in [-0.25, -0.2) is 4.98 Å². The molecule has 80 valence electrons. The van der Waals surface area contributed by atoms with Crippen molar-refractivity contribution in [1.82, 2.24) is 14.4 Å². The van der Waals surface area contributed by atoms with Crippen LogP contribution < -0.4 is 0 Å². The van der Waals surface area contributed by atoms with E-state index in [1.807, 2.05) is 17.5 Å². The van der Waals surface area contributed by atoms with Gasteiger partial charge in [-0.3, -0.25) is 9.78 Å². The van der Waals surface area contributed by atoms with Crippen LogP contribution in [0, 0.1) is 6.92 Å². The number of imidazole rings is 1. The topological polar surface area (TPSA) is 67.5 Å². The summed E-state index contributed by atoms with van der Waals surface area (Å²) in [5, 5.41) is 7.42. The monoisotopic (exact) mass is 271 g/mol. The quantitative estimate of drug-likeness (QED) is 0.795. The van der Waals surface area contributed by atoms with Gasteiger partial charge in [0.25, 0.3) is 5.97 Å². The fourth-order valence-electron chi connectivity index (χ4n) is 1.07. The number of carboxylic acid groups (broad SMARTS) is 1. The average Bonchev–Trinajstić information content (AvgIpc) is 2.48. The van der Waals surface area contributed by atoms with Crippen molar-refractivity contribution in [3.8, 4) is 0 Å². The van der Waals surface area contributed by atoms with Crippen LogP contribution in [0.2, 0.25) is 0 Å². The highest BCUT2D eigenvalue weighted by Crippen LogP contribution is 2.17. The zero-order valence-electron chi connectivity index (χ0n) is 8.31. The Kier molecular flexibility index (Phi) is 3.79. The number of fused-ring (bicyclic) bond motifs is 1. The summed E-state index contributed by atoms with van der Waals surface area (Å²) in [6.07, 6.45) is 5.39. The second kappa shape index (κ2) is 4.88. The molecule has 0 atom stereocenters. The predicted octanol–water partition coefficient (Wildman–Crippen LogP) is 1.89. The Morgan fingerprint density at radius 2 is 2.13 bits per heavy atom. The lowest BCUT2D eigenvalue weighted by molar-refractivity contribution is -0.134. The van der Waals surface area contributed by atoms with Crippen molar-refractivity contribution in [3.63, 3.8) is 0 Å². The maximum absolute atomic E-state index is 9.00. The second-order valence-corrected chi connectivity index (χ2v) is 3.57. The molecule has 2 heterocycles. The number of halogens is 1. The summed E-state index contributed by atoms with van der Waals surface area (Å²) in [4.78, 5) is 17.2. The third-order valence-electron chi connectivity index (χ3n) is 1.59. The first kappa shape index (κ1) is 11.6. The summed E-state index contributed by atoms with van der Waals surface area (Å²) >= 11 is 3.35. The molecule has 0 aromatic carbocycles. The Labute approximate surface area is 94.9 Å². The molecule has 0 radical (unpaired) electrons. The Bertz CT molecular complexity index is 477. The Morgan fingerprint density at radius 3 is 2.67 bits per heavy atom. The predicted molar refractivity (Wildman–Crippen MR) is 58.7 cm³/mol. The molecule has 0 bridgehead atoms. The molecule has 0 aliphatic carbocycles. The van der Waals surface area contributed by atoms with Gasteiger partial charge < -0.3 is 9.51 Å². The van der Waals surface area contributed by atoms with Crippen molar-refractivity contribution in [1.29, 1.82) is 0 Å². The molecular formula is C9H10BrN3O2. The molecular weight excluding hydrogens is 262 g/mol. The Morgan fingerprint density at radius 1 is 1.53 bits per heavy atom. The van der Waals surface area contributed by atoms with Gasteiger partial charge in [0.2, 0.25) is 0 Å². The van der Waals surface area contributed by atoms with Gasteiger partial charge in [0.05, 0.1) is 5.69 Å². The molecule has 0 spiro atoms. The molecule has 0 unspecified atom stereocenters. The van der Waals surface area contributed by atoms with Crippen molar-refractivity contribution in [2.45, 2.75) is 13.8 Å². The van der Waals surface area contributed by atoms with Crippen molar-refractivity contribution in [2.75, 3.05) is 0 Å². The summed E-state index contributed by atoms with van der Waals surface area (Å²) in [6, 6.07) is 0. The molecule has 15 heavy (non-hydrogen) atoms. The van der Waals surface area contributed by atoms with Crippen LogP contribution in [0.25, 0.3) is 5.52 Å². The van der Waals surface area contributed by atoms with Gasteiger partial charge in [0.15, 0.2) is 0 Å². The van der Waals surface area contributed by atoms with Crippen LogP contribution >= 0.6 is 15.9 Å². The number of rotatable bonds is 0. The second-order valence-electron chi connectivity index (χ2n) is 2.82. The maximum Gasteiger partial charge on any atom is 0.300 e. The van der Waals surface area contributed by atoms with Crippen LogP contribution in [0.4, 0.5) is 0 Å². The summed E-state index contributed by atoms with van der Waals surface area (Å²) in [5.41, 5.74) is 2.02. The van der Waals surface area contributed by atoms with Crippen molar-refractivity contribution >= 4 is 27.4 Å². The van der Waals surface area contributed by atoms with Gasteiger partial charge in [-0.05, 0) is 22.9 Å². The average molecular weight is 272 g/mol. The van der Waals surface area contributed by atoms with Gasteiger partial charge in [-0.1, -0.05) is 0 Å². The van der Waals surface area contributed by atoms with Crippen LogP contribution in [0.5, 0.6) is 0 Å². The van der Waals surface area contributed by atoms with Gasteiger partial charge in [0, 0.05) is 19.3 Å². The highest BCUT2D eigenvalue weighted by molar-refractivity contribution is 9.10. The van der Waals surface area contributed by atoms with E-state index in [9.17, 15) is 0 Å². The molecule has 2 aromatic heterocycles. The molecule has 2 rings (SSSR count). The third kappa shape index (κ3) is 3.02. The zero-order valence-corrected chi connectivity index (χ0v) is 9.89.